The van der Waals surface area contributed by atoms with Crippen LogP contribution in [0.25, 0.3) is 0 Å². The first kappa shape index (κ1) is 49.9. The summed E-state index contributed by atoms with van der Waals surface area (Å²) in [5, 5.41) is 0. The van der Waals surface area contributed by atoms with Crippen LogP contribution in [0.1, 0.15) is 0 Å². The molecule has 0 aliphatic carbocycles. The van der Waals surface area contributed by atoms with Crippen LogP contribution in [0.15, 0.2) is 0 Å². The standard InChI is InChI=1S/Al.Ca.ClH.FH.K.Na.H2O4S.H4O4Si.7H/c;;;;;;2*1-5(2,3)4;;;;;;;/h;;2*1H;;;(H2,1,2,3,4);1-4H;;;;;;;. The number of hydrogen-bond acceptors (Lipinski definition) is 6. The molecule has 0 aromatic heterocycles. The zero-order chi connectivity index (χ0) is 9.00. The second-order valence-corrected chi connectivity index (χ2v) is 3.14. The van der Waals surface area contributed by atoms with E-state index >= 15 is 0 Å². The van der Waals surface area contributed by atoms with Gasteiger partial charge in [-0.2, -0.15) is 8.42 Å². The van der Waals surface area contributed by atoms with E-state index in [0.29, 0.717) is 0 Å². The Labute approximate surface area is 204 Å². The van der Waals surface area contributed by atoms with E-state index in [1.54, 1.807) is 0 Å². The van der Waals surface area contributed by atoms with E-state index in [1.165, 1.54) is 0 Å². The van der Waals surface area contributed by atoms with Gasteiger partial charge in [0, 0.05) is 0 Å². The van der Waals surface area contributed by atoms with Gasteiger partial charge in [-0.25, -0.2) is 0 Å². The zero-order valence-corrected chi connectivity index (χ0v) is 7.86. The Morgan fingerprint density at radius 1 is 0.938 bits per heavy atom. The molecule has 0 aliphatic rings. The van der Waals surface area contributed by atoms with Crippen LogP contribution in [-0.4, -0.2) is 182 Å². The summed E-state index contributed by atoms with van der Waals surface area (Å²) in [6.07, 6.45) is 0. The average molecular weight is 387 g/mol. The molecule has 0 fully saturated rings. The normalized spacial score (nSPS) is 7.38. The summed E-state index contributed by atoms with van der Waals surface area (Å²) in [6.45, 7) is 0. The number of rotatable bonds is 0. The third-order valence-corrected chi connectivity index (χ3v) is 0. The van der Waals surface area contributed by atoms with Crippen LogP contribution in [0.2, 0.25) is 0 Å². The van der Waals surface area contributed by atoms with E-state index in [1.807, 2.05) is 0 Å². The van der Waals surface area contributed by atoms with E-state index in [2.05, 4.69) is 0 Å². The van der Waals surface area contributed by atoms with Crippen LogP contribution < -0.4 is 0 Å². The van der Waals surface area contributed by atoms with Gasteiger partial charge in [0.05, 0.1) is 0 Å². The van der Waals surface area contributed by atoms with Gasteiger partial charge in [0.1, 0.15) is 0 Å². The van der Waals surface area contributed by atoms with Crippen molar-refractivity contribution < 1.29 is 41.4 Å². The fourth-order valence-corrected chi connectivity index (χ4v) is 0. The molecule has 8 nitrogen and oxygen atoms in total. The molecule has 0 aromatic carbocycles. The van der Waals surface area contributed by atoms with E-state index in [4.69, 9.17) is 36.7 Å². The maximum absolute atomic E-state index is 8.74. The molecule has 0 rings (SSSR count). The quantitative estimate of drug-likeness (QED) is 0.177. The summed E-state index contributed by atoms with van der Waals surface area (Å²) in [5.41, 5.74) is 0. The minimum atomic E-state index is -4.67. The van der Waals surface area contributed by atoms with E-state index in [-0.39, 0.29) is 153 Å². The topological polar surface area (TPSA) is 156 Å². The molecule has 16 heavy (non-hydrogen) atoms. The molecule has 0 atom stereocenters. The molecule has 0 aliphatic heterocycles. The molecule has 94 valence electrons. The monoisotopic (exact) mass is 386 g/mol. The van der Waals surface area contributed by atoms with Crippen LogP contribution in [-0.2, 0) is 10.4 Å². The molecule has 0 aromatic rings. The van der Waals surface area contributed by atoms with E-state index in [0.717, 1.165) is 0 Å². The van der Waals surface area contributed by atoms with Crippen molar-refractivity contribution in [1.29, 1.82) is 0 Å². The molecule has 0 heterocycles. The van der Waals surface area contributed by atoms with Gasteiger partial charge >= 0.3 is 138 Å². The van der Waals surface area contributed by atoms with Gasteiger partial charge in [0.25, 0.3) is 0 Å². The van der Waals surface area contributed by atoms with Crippen molar-refractivity contribution in [3.63, 3.8) is 0 Å². The van der Waals surface area contributed by atoms with Gasteiger partial charge in [-0.05, 0) is 0 Å². The van der Waals surface area contributed by atoms with Crippen LogP contribution in [0.4, 0.5) is 4.70 Å². The first-order valence-electron chi connectivity index (χ1n) is 1.59. The summed E-state index contributed by atoms with van der Waals surface area (Å²) >= 11 is 0. The molecule has 0 unspecified atom stereocenters. The van der Waals surface area contributed by atoms with Gasteiger partial charge in [-0.3, -0.25) is 13.8 Å². The molecule has 6 N–H and O–H groups in total. The molecule has 0 saturated carbocycles. The first-order valence-corrected chi connectivity index (χ1v) is 4.78. The predicted octanol–water partition coefficient (Wildman–Crippen LogP) is -6.08. The van der Waals surface area contributed by atoms with Gasteiger partial charge in [0.15, 0.2) is 17.4 Å². The zero-order valence-electron chi connectivity index (χ0n) is 5.22. The molecular formula is H15AlCaClFKNaO8SSi. The molecule has 0 radical (unpaired) electrons. The number of hydrogen-bond donors (Lipinski definition) is 6. The molecular weight excluding hydrogens is 372 g/mol. The first-order chi connectivity index (χ1) is 4.00. The van der Waals surface area contributed by atoms with Crippen LogP contribution in [0.5, 0.6) is 0 Å². The van der Waals surface area contributed by atoms with Crippen molar-refractivity contribution in [1.82, 2.24) is 0 Å². The van der Waals surface area contributed by atoms with Crippen molar-refractivity contribution in [2.45, 2.75) is 0 Å². The molecule has 16 heteroatoms. The van der Waals surface area contributed by atoms with Crippen molar-refractivity contribution in [3.05, 3.63) is 0 Å². The fourth-order valence-electron chi connectivity index (χ4n) is 0. The average Bonchev–Trinajstić information content (AvgIpc) is 1.12. The Kier molecular flexibility index (Phi) is 76.6. The SMILES string of the molecule is Cl.F.O=S(=O)(O)O.O[Si](O)(O)O.[AlH3].[CaH2].[KH].[NaH]. The number of halogens is 2. The molecule has 0 saturated heterocycles. The van der Waals surface area contributed by atoms with Crippen molar-refractivity contribution in [2.75, 3.05) is 0 Å². The second-order valence-electron chi connectivity index (χ2n) is 1.05. The van der Waals surface area contributed by atoms with Gasteiger partial charge in [0.2, 0.25) is 0 Å². The van der Waals surface area contributed by atoms with E-state index < -0.39 is 19.4 Å². The van der Waals surface area contributed by atoms with Gasteiger partial charge in [-0.15, -0.1) is 12.4 Å². The van der Waals surface area contributed by atoms with Crippen LogP contribution in [0, 0.1) is 0 Å². The van der Waals surface area contributed by atoms with Gasteiger partial charge in [-0.1, -0.05) is 0 Å². The Morgan fingerprint density at radius 3 is 0.938 bits per heavy atom. The molecule has 0 amide bonds. The second kappa shape index (κ2) is 24.6. The van der Waals surface area contributed by atoms with Crippen molar-refractivity contribution in [2.24, 2.45) is 0 Å². The van der Waals surface area contributed by atoms with Crippen LogP contribution in [0.3, 0.4) is 0 Å². The predicted molar refractivity (Wildman–Crippen MR) is 71.3 cm³/mol. The Hall–Kier alpha value is 4.58. The summed E-state index contributed by atoms with van der Waals surface area (Å²) in [6, 6.07) is 0. The third kappa shape index (κ3) is 274. The summed E-state index contributed by atoms with van der Waals surface area (Å²) < 4.78 is 31.6. The summed E-state index contributed by atoms with van der Waals surface area (Å²) in [7, 11) is -9.28. The van der Waals surface area contributed by atoms with Crippen molar-refractivity contribution in [3.8, 4) is 0 Å². The van der Waals surface area contributed by atoms with Crippen LogP contribution >= 0.6 is 12.4 Å². The Morgan fingerprint density at radius 2 is 0.938 bits per heavy atom. The molecule has 0 spiro atoms. The third-order valence-electron chi connectivity index (χ3n) is 0. The summed E-state index contributed by atoms with van der Waals surface area (Å²) in [5.74, 6) is 0. The Balaban J connectivity index is -0.00000000970. The molecule has 0 bridgehead atoms. The maximum atomic E-state index is 8.74. The van der Waals surface area contributed by atoms with Crippen molar-refractivity contribution >= 4 is 168 Å². The summed E-state index contributed by atoms with van der Waals surface area (Å²) in [4.78, 5) is 29.3. The minimum absolute atomic E-state index is 0. The van der Waals surface area contributed by atoms with Gasteiger partial charge < -0.3 is 19.2 Å². The fraction of sp³-hybridized carbons (Fsp3) is 0. The van der Waals surface area contributed by atoms with E-state index in [9.17, 15) is 0 Å². The Bertz CT molecular complexity index is 175.